The van der Waals surface area contributed by atoms with Crippen molar-refractivity contribution in [2.75, 3.05) is 31.4 Å². The second-order valence-corrected chi connectivity index (χ2v) is 6.48. The predicted octanol–water partition coefficient (Wildman–Crippen LogP) is 4.41. The highest BCUT2D eigenvalue weighted by molar-refractivity contribution is 6.31. The Morgan fingerprint density at radius 1 is 0.964 bits per heavy atom. The van der Waals surface area contributed by atoms with E-state index in [0.29, 0.717) is 19.0 Å². The first-order valence-electron chi connectivity index (χ1n) is 8.94. The second-order valence-electron chi connectivity index (χ2n) is 6.08. The van der Waals surface area contributed by atoms with Crippen LogP contribution in [-0.2, 0) is 13.0 Å². The summed E-state index contributed by atoms with van der Waals surface area (Å²) >= 11 is 6.19. The van der Waals surface area contributed by atoms with Gasteiger partial charge in [-0.25, -0.2) is 4.98 Å². The first-order chi connectivity index (χ1) is 13.7. The number of benzene rings is 2. The Kier molecular flexibility index (Phi) is 6.92. The van der Waals surface area contributed by atoms with Gasteiger partial charge < -0.3 is 20.1 Å². The van der Waals surface area contributed by atoms with Crippen molar-refractivity contribution in [3.05, 3.63) is 70.9 Å². The summed E-state index contributed by atoms with van der Waals surface area (Å²) in [4.78, 5) is 8.76. The molecule has 28 heavy (non-hydrogen) atoms. The van der Waals surface area contributed by atoms with Crippen LogP contribution in [0.1, 0.15) is 11.1 Å². The zero-order chi connectivity index (χ0) is 19.8. The van der Waals surface area contributed by atoms with Crippen LogP contribution in [0.5, 0.6) is 11.5 Å². The van der Waals surface area contributed by atoms with Crippen LogP contribution in [0.15, 0.2) is 54.7 Å². The zero-order valence-electron chi connectivity index (χ0n) is 15.9. The Labute approximate surface area is 169 Å². The molecule has 2 aromatic carbocycles. The zero-order valence-corrected chi connectivity index (χ0v) is 16.7. The second kappa shape index (κ2) is 9.80. The third-order valence-corrected chi connectivity index (χ3v) is 4.59. The Morgan fingerprint density at radius 2 is 1.79 bits per heavy atom. The van der Waals surface area contributed by atoms with Crippen molar-refractivity contribution in [1.29, 1.82) is 0 Å². The number of rotatable bonds is 9. The molecule has 0 atom stereocenters. The summed E-state index contributed by atoms with van der Waals surface area (Å²) in [6.45, 7) is 1.30. The molecule has 0 unspecified atom stereocenters. The minimum atomic E-state index is 0.574. The summed E-state index contributed by atoms with van der Waals surface area (Å²) < 4.78 is 10.6. The normalized spacial score (nSPS) is 10.4. The van der Waals surface area contributed by atoms with Crippen LogP contribution in [0.4, 0.5) is 11.8 Å². The van der Waals surface area contributed by atoms with Crippen molar-refractivity contribution < 1.29 is 9.47 Å². The lowest BCUT2D eigenvalue weighted by Gasteiger charge is -2.11. The maximum Gasteiger partial charge on any atom is 0.224 e. The molecule has 0 saturated carbocycles. The van der Waals surface area contributed by atoms with Gasteiger partial charge in [0.25, 0.3) is 0 Å². The van der Waals surface area contributed by atoms with E-state index < -0.39 is 0 Å². The van der Waals surface area contributed by atoms with Crippen LogP contribution in [0.25, 0.3) is 0 Å². The van der Waals surface area contributed by atoms with Gasteiger partial charge in [0.1, 0.15) is 5.82 Å². The Morgan fingerprint density at radius 3 is 2.57 bits per heavy atom. The topological polar surface area (TPSA) is 68.3 Å². The fourth-order valence-corrected chi connectivity index (χ4v) is 2.93. The summed E-state index contributed by atoms with van der Waals surface area (Å²) in [6.07, 6.45) is 2.53. The molecule has 0 saturated heterocycles. The van der Waals surface area contributed by atoms with Gasteiger partial charge in [0, 0.05) is 24.3 Å². The Balaban J connectivity index is 1.54. The van der Waals surface area contributed by atoms with E-state index in [4.69, 9.17) is 21.1 Å². The summed E-state index contributed by atoms with van der Waals surface area (Å²) in [5.74, 6) is 2.76. The molecule has 2 N–H and O–H groups in total. The smallest absolute Gasteiger partial charge is 0.224 e. The summed E-state index contributed by atoms with van der Waals surface area (Å²) in [5, 5.41) is 7.25. The van der Waals surface area contributed by atoms with Gasteiger partial charge in [-0.3, -0.25) is 0 Å². The number of ether oxygens (including phenoxy) is 2. The number of methoxy groups -OCH3 is 2. The number of nitrogens with zero attached hydrogens (tertiary/aromatic N) is 2. The van der Waals surface area contributed by atoms with E-state index in [0.717, 1.165) is 39.9 Å². The number of aromatic nitrogens is 2. The minimum absolute atomic E-state index is 0.574. The van der Waals surface area contributed by atoms with Crippen LogP contribution in [0, 0.1) is 0 Å². The third kappa shape index (κ3) is 5.27. The Hall–Kier alpha value is -2.99. The van der Waals surface area contributed by atoms with Gasteiger partial charge in [0.05, 0.1) is 14.2 Å². The fraction of sp³-hybridized carbons (Fsp3) is 0.238. The average molecular weight is 399 g/mol. The number of halogens is 1. The number of nitrogens with one attached hydrogen (secondary N) is 2. The first-order valence-corrected chi connectivity index (χ1v) is 9.32. The SMILES string of the molecule is COc1ccc(CCNc2nccc(NCc3ccccc3Cl)n2)cc1OC. The van der Waals surface area contributed by atoms with Crippen molar-refractivity contribution in [1.82, 2.24) is 9.97 Å². The fourth-order valence-electron chi connectivity index (χ4n) is 2.72. The van der Waals surface area contributed by atoms with E-state index >= 15 is 0 Å². The molecule has 0 spiro atoms. The van der Waals surface area contributed by atoms with Gasteiger partial charge in [-0.15, -0.1) is 0 Å². The highest BCUT2D eigenvalue weighted by Crippen LogP contribution is 2.27. The third-order valence-electron chi connectivity index (χ3n) is 4.22. The highest BCUT2D eigenvalue weighted by atomic mass is 35.5. The van der Waals surface area contributed by atoms with E-state index in [2.05, 4.69) is 20.6 Å². The average Bonchev–Trinajstić information content (AvgIpc) is 2.73. The number of anilines is 2. The van der Waals surface area contributed by atoms with Crippen molar-refractivity contribution in [2.45, 2.75) is 13.0 Å². The maximum absolute atomic E-state index is 6.19. The van der Waals surface area contributed by atoms with Crippen LogP contribution in [0.3, 0.4) is 0 Å². The molecule has 0 aliphatic heterocycles. The van der Waals surface area contributed by atoms with Crippen molar-refractivity contribution in [2.24, 2.45) is 0 Å². The van der Waals surface area contributed by atoms with Crippen LogP contribution >= 0.6 is 11.6 Å². The number of hydrogen-bond donors (Lipinski definition) is 2. The van der Waals surface area contributed by atoms with E-state index in [-0.39, 0.29) is 0 Å². The van der Waals surface area contributed by atoms with Gasteiger partial charge in [0.2, 0.25) is 5.95 Å². The standard InChI is InChI=1S/C21H23ClN4O2/c1-27-18-8-7-15(13-19(18)28-2)9-11-23-21-24-12-10-20(26-21)25-14-16-5-3-4-6-17(16)22/h3-8,10,12-13H,9,11,14H2,1-2H3,(H2,23,24,25,26). The first kappa shape index (κ1) is 19.8. The molecular formula is C21H23ClN4O2. The molecule has 3 rings (SSSR count). The van der Waals surface area contributed by atoms with Crippen molar-refractivity contribution in [3.8, 4) is 11.5 Å². The van der Waals surface area contributed by atoms with E-state index in [1.54, 1.807) is 20.4 Å². The summed E-state index contributed by atoms with van der Waals surface area (Å²) in [6, 6.07) is 15.5. The largest absolute Gasteiger partial charge is 0.493 e. The molecule has 0 aliphatic rings. The molecular weight excluding hydrogens is 376 g/mol. The van der Waals surface area contributed by atoms with E-state index in [1.165, 1.54) is 0 Å². The molecule has 0 fully saturated rings. The van der Waals surface area contributed by atoms with Crippen molar-refractivity contribution in [3.63, 3.8) is 0 Å². The van der Waals surface area contributed by atoms with Gasteiger partial charge in [-0.05, 0) is 41.8 Å². The van der Waals surface area contributed by atoms with Crippen molar-refractivity contribution >= 4 is 23.4 Å². The Bertz CT molecular complexity index is 920. The lowest BCUT2D eigenvalue weighted by molar-refractivity contribution is 0.354. The van der Waals surface area contributed by atoms with Gasteiger partial charge in [-0.2, -0.15) is 4.98 Å². The maximum atomic E-state index is 6.19. The molecule has 0 amide bonds. The van der Waals surface area contributed by atoms with Crippen LogP contribution in [0.2, 0.25) is 5.02 Å². The molecule has 0 radical (unpaired) electrons. The molecule has 0 bridgehead atoms. The van der Waals surface area contributed by atoms with E-state index in [1.807, 2.05) is 48.5 Å². The molecule has 7 heteroatoms. The molecule has 6 nitrogen and oxygen atoms in total. The quantitative estimate of drug-likeness (QED) is 0.556. The number of hydrogen-bond acceptors (Lipinski definition) is 6. The van der Waals surface area contributed by atoms with E-state index in [9.17, 15) is 0 Å². The molecule has 146 valence electrons. The van der Waals surface area contributed by atoms with Gasteiger partial charge >= 0.3 is 0 Å². The molecule has 1 heterocycles. The summed E-state index contributed by atoms with van der Waals surface area (Å²) in [5.41, 5.74) is 2.16. The van der Waals surface area contributed by atoms with Gasteiger partial charge in [0.15, 0.2) is 11.5 Å². The minimum Gasteiger partial charge on any atom is -0.493 e. The monoisotopic (exact) mass is 398 g/mol. The van der Waals surface area contributed by atoms with Crippen LogP contribution in [-0.4, -0.2) is 30.7 Å². The molecule has 1 aromatic heterocycles. The summed E-state index contributed by atoms with van der Waals surface area (Å²) in [7, 11) is 3.26. The lowest BCUT2D eigenvalue weighted by atomic mass is 10.1. The molecule has 0 aliphatic carbocycles. The highest BCUT2D eigenvalue weighted by Gasteiger charge is 2.05. The molecule has 3 aromatic rings. The predicted molar refractivity (Wildman–Crippen MR) is 113 cm³/mol. The lowest BCUT2D eigenvalue weighted by Crippen LogP contribution is -2.09. The van der Waals surface area contributed by atoms with Crippen LogP contribution < -0.4 is 20.1 Å². The van der Waals surface area contributed by atoms with Gasteiger partial charge in [-0.1, -0.05) is 35.9 Å².